The molecule has 1 unspecified atom stereocenters. The molecule has 3 rings (SSSR count). The van der Waals surface area contributed by atoms with Crippen LogP contribution in [0.4, 0.5) is 11.4 Å². The van der Waals surface area contributed by atoms with E-state index in [0.717, 1.165) is 6.54 Å². The van der Waals surface area contributed by atoms with E-state index in [1.807, 2.05) is 12.4 Å². The highest BCUT2D eigenvalue weighted by molar-refractivity contribution is 5.73. The Morgan fingerprint density at radius 1 is 1.24 bits per heavy atom. The van der Waals surface area contributed by atoms with Crippen molar-refractivity contribution in [2.45, 2.75) is 44.7 Å². The van der Waals surface area contributed by atoms with Crippen molar-refractivity contribution in [1.29, 1.82) is 0 Å². The molecule has 2 heterocycles. The van der Waals surface area contributed by atoms with Gasteiger partial charge in [-0.2, -0.15) is 0 Å². The molecule has 1 aromatic rings. The van der Waals surface area contributed by atoms with Crippen molar-refractivity contribution in [1.82, 2.24) is 4.98 Å². The zero-order valence-corrected chi connectivity index (χ0v) is 10.8. The summed E-state index contributed by atoms with van der Waals surface area (Å²) in [5.74, 6) is 0. The van der Waals surface area contributed by atoms with Crippen LogP contribution in [0.5, 0.6) is 0 Å². The quantitative estimate of drug-likeness (QED) is 0.740. The van der Waals surface area contributed by atoms with Gasteiger partial charge in [0, 0.05) is 31.9 Å². The molecule has 0 aromatic carbocycles. The van der Waals surface area contributed by atoms with Crippen molar-refractivity contribution in [2.75, 3.05) is 23.4 Å². The Balaban J connectivity index is 2.06. The van der Waals surface area contributed by atoms with Crippen molar-refractivity contribution in [3.05, 3.63) is 18.5 Å². The number of hydrogen-bond donors (Lipinski definition) is 0. The molecule has 2 atom stereocenters. The Hall–Kier alpha value is -1.25. The summed E-state index contributed by atoms with van der Waals surface area (Å²) in [6.07, 6.45) is 9.35. The molecule has 17 heavy (non-hydrogen) atoms. The zero-order chi connectivity index (χ0) is 11.8. The lowest BCUT2D eigenvalue weighted by atomic mass is 9.85. The third kappa shape index (κ3) is 1.60. The van der Waals surface area contributed by atoms with E-state index < -0.39 is 0 Å². The van der Waals surface area contributed by atoms with E-state index in [1.165, 1.54) is 37.1 Å². The van der Waals surface area contributed by atoms with Crippen molar-refractivity contribution >= 4 is 11.4 Å². The zero-order valence-electron chi connectivity index (χ0n) is 10.8. The maximum Gasteiger partial charge on any atom is 0.0793 e. The summed E-state index contributed by atoms with van der Waals surface area (Å²) in [5, 5.41) is 0. The lowest BCUT2D eigenvalue weighted by Gasteiger charge is -2.50. The van der Waals surface area contributed by atoms with Crippen LogP contribution in [0.2, 0.25) is 0 Å². The van der Waals surface area contributed by atoms with E-state index in [4.69, 9.17) is 0 Å². The fraction of sp³-hybridized carbons (Fsp3) is 0.643. The van der Waals surface area contributed by atoms with E-state index in [1.54, 1.807) is 0 Å². The summed E-state index contributed by atoms with van der Waals surface area (Å²) in [4.78, 5) is 9.34. The summed E-state index contributed by atoms with van der Waals surface area (Å²) in [6.45, 7) is 3.35. The molecule has 0 bridgehead atoms. The van der Waals surface area contributed by atoms with Gasteiger partial charge in [0.05, 0.1) is 17.6 Å². The Bertz CT molecular complexity index is 404. The van der Waals surface area contributed by atoms with Gasteiger partial charge >= 0.3 is 0 Å². The average molecular weight is 231 g/mol. The van der Waals surface area contributed by atoms with Gasteiger partial charge in [-0.1, -0.05) is 12.8 Å². The first kappa shape index (κ1) is 10.9. The second-order valence-corrected chi connectivity index (χ2v) is 5.18. The third-order valence-corrected chi connectivity index (χ3v) is 4.40. The molecule has 1 aliphatic carbocycles. The fourth-order valence-electron chi connectivity index (χ4n) is 3.57. The molecule has 0 radical (unpaired) electrons. The first-order chi connectivity index (χ1) is 8.33. The summed E-state index contributed by atoms with van der Waals surface area (Å²) in [7, 11) is 2.24. The SMILES string of the molecule is CCN1c2cnccc2N(C)C2CCCC[C@H]21. The largest absolute Gasteiger partial charge is 0.368 e. The van der Waals surface area contributed by atoms with Crippen molar-refractivity contribution in [3.63, 3.8) is 0 Å². The van der Waals surface area contributed by atoms with Gasteiger partial charge in [0.2, 0.25) is 0 Å². The van der Waals surface area contributed by atoms with Crippen LogP contribution >= 0.6 is 0 Å². The van der Waals surface area contributed by atoms with E-state index in [2.05, 4.69) is 34.8 Å². The number of likely N-dealkylation sites (N-methyl/N-ethyl adjacent to an activating group) is 2. The predicted molar refractivity (Wildman–Crippen MR) is 71.7 cm³/mol. The predicted octanol–water partition coefficient (Wildman–Crippen LogP) is 2.67. The second kappa shape index (κ2) is 4.21. The molecule has 1 aromatic heterocycles. The number of rotatable bonds is 1. The summed E-state index contributed by atoms with van der Waals surface area (Å²) < 4.78 is 0. The number of hydrogen-bond acceptors (Lipinski definition) is 3. The van der Waals surface area contributed by atoms with Crippen LogP contribution in [0.3, 0.4) is 0 Å². The molecule has 1 fully saturated rings. The van der Waals surface area contributed by atoms with Crippen LogP contribution in [-0.2, 0) is 0 Å². The minimum atomic E-state index is 0.690. The lowest BCUT2D eigenvalue weighted by Crippen LogP contribution is -2.56. The molecule has 0 N–H and O–H groups in total. The summed E-state index contributed by atoms with van der Waals surface area (Å²) >= 11 is 0. The fourth-order valence-corrected chi connectivity index (χ4v) is 3.57. The minimum absolute atomic E-state index is 0.690. The highest BCUT2D eigenvalue weighted by atomic mass is 15.3. The van der Waals surface area contributed by atoms with Gasteiger partial charge in [-0.15, -0.1) is 0 Å². The van der Waals surface area contributed by atoms with Crippen LogP contribution in [0.15, 0.2) is 18.5 Å². The topological polar surface area (TPSA) is 19.4 Å². The minimum Gasteiger partial charge on any atom is -0.368 e. The normalized spacial score (nSPS) is 27.6. The molecule has 0 spiro atoms. The molecule has 3 nitrogen and oxygen atoms in total. The highest BCUT2D eigenvalue weighted by Gasteiger charge is 2.38. The van der Waals surface area contributed by atoms with E-state index in [9.17, 15) is 0 Å². The standard InChI is InChI=1S/C14H21N3/c1-3-17-13-7-5-4-6-11(13)16(2)12-8-9-15-10-14(12)17/h8-11,13H,3-7H2,1-2H3/t11?,13-/m1/s1. The molecular formula is C14H21N3. The average Bonchev–Trinajstić information content (AvgIpc) is 2.40. The highest BCUT2D eigenvalue weighted by Crippen LogP contribution is 2.41. The van der Waals surface area contributed by atoms with Crippen molar-refractivity contribution < 1.29 is 0 Å². The monoisotopic (exact) mass is 231 g/mol. The van der Waals surface area contributed by atoms with Gasteiger partial charge in [-0.25, -0.2) is 0 Å². The van der Waals surface area contributed by atoms with E-state index in [-0.39, 0.29) is 0 Å². The van der Waals surface area contributed by atoms with Gasteiger partial charge in [0.25, 0.3) is 0 Å². The van der Waals surface area contributed by atoms with Crippen molar-refractivity contribution in [2.24, 2.45) is 0 Å². The van der Waals surface area contributed by atoms with Crippen LogP contribution in [0.1, 0.15) is 32.6 Å². The smallest absolute Gasteiger partial charge is 0.0793 e. The maximum absolute atomic E-state index is 4.30. The summed E-state index contributed by atoms with van der Waals surface area (Å²) in [5.41, 5.74) is 2.67. The van der Waals surface area contributed by atoms with Gasteiger partial charge in [-0.3, -0.25) is 4.98 Å². The number of pyridine rings is 1. The molecule has 3 heteroatoms. The third-order valence-electron chi connectivity index (χ3n) is 4.40. The molecule has 2 aliphatic rings. The molecular weight excluding hydrogens is 210 g/mol. The van der Waals surface area contributed by atoms with Gasteiger partial charge in [-0.05, 0) is 25.8 Å². The van der Waals surface area contributed by atoms with Crippen LogP contribution in [0.25, 0.3) is 0 Å². The van der Waals surface area contributed by atoms with E-state index >= 15 is 0 Å². The number of aromatic nitrogens is 1. The van der Waals surface area contributed by atoms with Gasteiger partial charge < -0.3 is 9.80 Å². The number of fused-ring (bicyclic) bond motifs is 2. The van der Waals surface area contributed by atoms with E-state index in [0.29, 0.717) is 12.1 Å². The molecule has 0 saturated heterocycles. The first-order valence-corrected chi connectivity index (χ1v) is 6.76. The van der Waals surface area contributed by atoms with Crippen LogP contribution < -0.4 is 9.80 Å². The van der Waals surface area contributed by atoms with Gasteiger partial charge in [0.15, 0.2) is 0 Å². The maximum atomic E-state index is 4.30. The molecule has 92 valence electrons. The van der Waals surface area contributed by atoms with Crippen LogP contribution in [0, 0.1) is 0 Å². The Morgan fingerprint density at radius 2 is 2.00 bits per heavy atom. The Labute approximate surface area is 103 Å². The Kier molecular flexibility index (Phi) is 2.69. The molecule has 0 amide bonds. The molecule has 1 saturated carbocycles. The number of anilines is 2. The first-order valence-electron chi connectivity index (χ1n) is 6.76. The Morgan fingerprint density at radius 3 is 2.76 bits per heavy atom. The van der Waals surface area contributed by atoms with Gasteiger partial charge in [0.1, 0.15) is 0 Å². The summed E-state index contributed by atoms with van der Waals surface area (Å²) in [6, 6.07) is 3.54. The van der Waals surface area contributed by atoms with Crippen LogP contribution in [-0.4, -0.2) is 30.7 Å². The second-order valence-electron chi connectivity index (χ2n) is 5.18. The van der Waals surface area contributed by atoms with Crippen molar-refractivity contribution in [3.8, 4) is 0 Å². The lowest BCUT2D eigenvalue weighted by molar-refractivity contribution is 0.346. The molecule has 1 aliphatic heterocycles. The number of nitrogens with zero attached hydrogens (tertiary/aromatic N) is 3.